The summed E-state index contributed by atoms with van der Waals surface area (Å²) in [5, 5.41) is 9.40. The minimum Gasteiger partial charge on any atom is -0.398 e. The predicted octanol–water partition coefficient (Wildman–Crippen LogP) is 1.33. The van der Waals surface area contributed by atoms with E-state index >= 15 is 0 Å². The van der Waals surface area contributed by atoms with Crippen LogP contribution in [0.4, 0.5) is 10.1 Å². The summed E-state index contributed by atoms with van der Waals surface area (Å²) in [5.74, 6) is -0.856. The van der Waals surface area contributed by atoms with Crippen molar-refractivity contribution < 1.29 is 17.9 Å². The molecule has 0 aromatic heterocycles. The number of sulfonamides is 1. The summed E-state index contributed by atoms with van der Waals surface area (Å²) in [4.78, 5) is -0.486. The van der Waals surface area contributed by atoms with Crippen LogP contribution in [0, 0.1) is 5.82 Å². The molecule has 1 unspecified atom stereocenters. The second kappa shape index (κ2) is 6.07. The Bertz CT molecular complexity index is 557. The second-order valence-electron chi connectivity index (χ2n) is 4.96. The van der Waals surface area contributed by atoms with Crippen molar-refractivity contribution in [2.45, 2.75) is 36.6 Å². The van der Waals surface area contributed by atoms with Gasteiger partial charge in [-0.05, 0) is 25.0 Å². The predicted molar refractivity (Wildman–Crippen MR) is 74.0 cm³/mol. The summed E-state index contributed by atoms with van der Waals surface area (Å²) in [6.07, 6.45) is 3.02. The number of halogens is 1. The van der Waals surface area contributed by atoms with Gasteiger partial charge in [-0.1, -0.05) is 18.9 Å². The SMILES string of the molecule is Nc1cccc(F)c1S(=O)(=O)N1CCCCCC1CO. The van der Waals surface area contributed by atoms with E-state index in [1.165, 1.54) is 16.4 Å². The summed E-state index contributed by atoms with van der Waals surface area (Å²) < 4.78 is 40.4. The topological polar surface area (TPSA) is 83.6 Å². The third kappa shape index (κ3) is 2.79. The molecular formula is C13H19FN2O3S. The van der Waals surface area contributed by atoms with Gasteiger partial charge in [-0.3, -0.25) is 0 Å². The number of benzene rings is 1. The van der Waals surface area contributed by atoms with Crippen LogP contribution in [-0.4, -0.2) is 37.0 Å². The highest BCUT2D eigenvalue weighted by molar-refractivity contribution is 7.89. The van der Waals surface area contributed by atoms with Gasteiger partial charge in [0, 0.05) is 12.6 Å². The monoisotopic (exact) mass is 302 g/mol. The van der Waals surface area contributed by atoms with Gasteiger partial charge in [-0.2, -0.15) is 4.31 Å². The summed E-state index contributed by atoms with van der Waals surface area (Å²) in [5.41, 5.74) is 5.53. The Hall–Kier alpha value is -1.18. The molecule has 2 rings (SSSR count). The second-order valence-corrected chi connectivity index (χ2v) is 6.79. The van der Waals surface area contributed by atoms with Crippen LogP contribution in [0.5, 0.6) is 0 Å². The highest BCUT2D eigenvalue weighted by atomic mass is 32.2. The van der Waals surface area contributed by atoms with Crippen molar-refractivity contribution in [1.82, 2.24) is 4.31 Å². The van der Waals surface area contributed by atoms with Crippen molar-refractivity contribution in [3.63, 3.8) is 0 Å². The van der Waals surface area contributed by atoms with E-state index in [0.717, 1.165) is 18.9 Å². The zero-order chi connectivity index (χ0) is 14.8. The standard InChI is InChI=1S/C13H19FN2O3S/c14-11-6-4-7-12(15)13(11)20(18,19)16-8-3-1-2-5-10(16)9-17/h4,6-7,10,17H,1-3,5,8-9,15H2. The number of aliphatic hydroxyl groups excluding tert-OH is 1. The number of hydrogen-bond donors (Lipinski definition) is 2. The number of nitrogens with zero attached hydrogens (tertiary/aromatic N) is 1. The van der Waals surface area contributed by atoms with Gasteiger partial charge in [0.1, 0.15) is 10.7 Å². The molecule has 1 aliphatic heterocycles. The molecule has 0 amide bonds. The maximum atomic E-state index is 13.9. The van der Waals surface area contributed by atoms with Crippen molar-refractivity contribution >= 4 is 15.7 Å². The molecule has 0 saturated carbocycles. The third-order valence-electron chi connectivity index (χ3n) is 3.60. The molecule has 0 radical (unpaired) electrons. The zero-order valence-electron chi connectivity index (χ0n) is 11.1. The van der Waals surface area contributed by atoms with Crippen molar-refractivity contribution in [2.24, 2.45) is 0 Å². The number of aliphatic hydroxyl groups is 1. The number of anilines is 1. The van der Waals surface area contributed by atoms with Crippen molar-refractivity contribution in [3.05, 3.63) is 24.0 Å². The van der Waals surface area contributed by atoms with E-state index in [4.69, 9.17) is 5.73 Å². The van der Waals surface area contributed by atoms with Gasteiger partial charge in [-0.15, -0.1) is 0 Å². The van der Waals surface area contributed by atoms with Crippen LogP contribution in [0.1, 0.15) is 25.7 Å². The first-order valence-corrected chi connectivity index (χ1v) is 8.09. The van der Waals surface area contributed by atoms with Crippen LogP contribution in [0.2, 0.25) is 0 Å². The molecule has 3 N–H and O–H groups in total. The van der Waals surface area contributed by atoms with Crippen LogP contribution in [0.15, 0.2) is 23.1 Å². The maximum absolute atomic E-state index is 13.9. The van der Waals surface area contributed by atoms with Crippen LogP contribution < -0.4 is 5.73 Å². The molecule has 5 nitrogen and oxygen atoms in total. The molecule has 1 saturated heterocycles. The Morgan fingerprint density at radius 3 is 2.75 bits per heavy atom. The molecule has 1 atom stereocenters. The quantitative estimate of drug-likeness (QED) is 0.825. The van der Waals surface area contributed by atoms with E-state index < -0.39 is 26.8 Å². The molecule has 1 aromatic rings. The summed E-state index contributed by atoms with van der Waals surface area (Å²) in [6, 6.07) is 3.30. The minimum atomic E-state index is -4.03. The lowest BCUT2D eigenvalue weighted by Gasteiger charge is -2.28. The largest absolute Gasteiger partial charge is 0.398 e. The van der Waals surface area contributed by atoms with E-state index in [2.05, 4.69) is 0 Å². The lowest BCUT2D eigenvalue weighted by molar-refractivity contribution is 0.186. The lowest BCUT2D eigenvalue weighted by Crippen LogP contribution is -2.42. The number of nitrogens with two attached hydrogens (primary N) is 1. The Morgan fingerprint density at radius 1 is 1.35 bits per heavy atom. The van der Waals surface area contributed by atoms with Crippen molar-refractivity contribution in [2.75, 3.05) is 18.9 Å². The zero-order valence-corrected chi connectivity index (χ0v) is 11.9. The highest BCUT2D eigenvalue weighted by Crippen LogP contribution is 2.29. The lowest BCUT2D eigenvalue weighted by atomic mass is 10.1. The van der Waals surface area contributed by atoms with Gasteiger partial charge in [0.05, 0.1) is 12.3 Å². The summed E-state index contributed by atoms with van der Waals surface area (Å²) in [7, 11) is -4.03. The van der Waals surface area contributed by atoms with E-state index in [9.17, 15) is 17.9 Å². The number of hydrogen-bond acceptors (Lipinski definition) is 4. The molecule has 112 valence electrons. The first-order chi connectivity index (χ1) is 9.48. The van der Waals surface area contributed by atoms with E-state index in [1.54, 1.807) is 0 Å². The van der Waals surface area contributed by atoms with Gasteiger partial charge in [0.2, 0.25) is 10.0 Å². The molecule has 1 aromatic carbocycles. The number of rotatable bonds is 3. The van der Waals surface area contributed by atoms with Gasteiger partial charge < -0.3 is 10.8 Å². The average molecular weight is 302 g/mol. The molecule has 0 aliphatic carbocycles. The van der Waals surface area contributed by atoms with Crippen molar-refractivity contribution in [1.29, 1.82) is 0 Å². The average Bonchev–Trinajstić information content (AvgIpc) is 2.63. The van der Waals surface area contributed by atoms with Gasteiger partial charge in [-0.25, -0.2) is 12.8 Å². The van der Waals surface area contributed by atoms with Crippen LogP contribution in [0.25, 0.3) is 0 Å². The fourth-order valence-electron chi connectivity index (χ4n) is 2.56. The third-order valence-corrected chi connectivity index (χ3v) is 5.64. The van der Waals surface area contributed by atoms with E-state index in [-0.39, 0.29) is 18.8 Å². The first-order valence-electron chi connectivity index (χ1n) is 6.65. The fourth-order valence-corrected chi connectivity index (χ4v) is 4.41. The molecule has 1 aliphatic rings. The molecule has 1 heterocycles. The van der Waals surface area contributed by atoms with E-state index in [0.29, 0.717) is 12.8 Å². The molecule has 0 bridgehead atoms. The molecule has 20 heavy (non-hydrogen) atoms. The molecule has 7 heteroatoms. The van der Waals surface area contributed by atoms with Gasteiger partial charge >= 0.3 is 0 Å². The fraction of sp³-hybridized carbons (Fsp3) is 0.538. The molecule has 0 spiro atoms. The van der Waals surface area contributed by atoms with Crippen LogP contribution in [0.3, 0.4) is 0 Å². The highest BCUT2D eigenvalue weighted by Gasteiger charge is 2.35. The Labute approximate surface area is 118 Å². The van der Waals surface area contributed by atoms with Crippen LogP contribution >= 0.6 is 0 Å². The molecular weight excluding hydrogens is 283 g/mol. The Morgan fingerprint density at radius 2 is 2.10 bits per heavy atom. The van der Waals surface area contributed by atoms with Crippen molar-refractivity contribution in [3.8, 4) is 0 Å². The minimum absolute atomic E-state index is 0.106. The summed E-state index contributed by atoms with van der Waals surface area (Å²) in [6.45, 7) is 0.00885. The maximum Gasteiger partial charge on any atom is 0.248 e. The van der Waals surface area contributed by atoms with E-state index in [1.807, 2.05) is 0 Å². The Balaban J connectivity index is 2.47. The molecule has 1 fully saturated rings. The summed E-state index contributed by atoms with van der Waals surface area (Å²) >= 11 is 0. The van der Waals surface area contributed by atoms with Gasteiger partial charge in [0.25, 0.3) is 0 Å². The number of nitrogen functional groups attached to an aromatic ring is 1. The van der Waals surface area contributed by atoms with Crippen LogP contribution in [-0.2, 0) is 10.0 Å². The Kier molecular flexibility index (Phi) is 4.62. The smallest absolute Gasteiger partial charge is 0.248 e. The first kappa shape index (κ1) is 15.2. The normalized spacial score (nSPS) is 21.6. The van der Waals surface area contributed by atoms with Gasteiger partial charge in [0.15, 0.2) is 0 Å².